The average Bonchev–Trinajstić information content (AvgIpc) is 2.44. The molecule has 1 rings (SSSR count). The van der Waals surface area contributed by atoms with Crippen LogP contribution in [-0.2, 0) is 9.53 Å². The van der Waals surface area contributed by atoms with E-state index < -0.39 is 0 Å². The van der Waals surface area contributed by atoms with Gasteiger partial charge in [-0.3, -0.25) is 0 Å². The Hall–Kier alpha value is -2.21. The SMILES string of the molecule is C#CCOc1ccc(C=CC(=O)OCCCC)cc1. The first kappa shape index (κ1) is 14.8. The second kappa shape index (κ2) is 8.82. The fraction of sp³-hybridized carbons (Fsp3) is 0.312. The number of carbonyl (C=O) groups is 1. The van der Waals surface area contributed by atoms with Gasteiger partial charge in [0.1, 0.15) is 12.4 Å². The average molecular weight is 258 g/mol. The Bertz CT molecular complexity index is 452. The first-order valence-corrected chi connectivity index (χ1v) is 6.27. The number of ether oxygens (including phenoxy) is 2. The number of hydrogen-bond acceptors (Lipinski definition) is 3. The van der Waals surface area contributed by atoms with Gasteiger partial charge in [0.05, 0.1) is 6.61 Å². The van der Waals surface area contributed by atoms with Crippen molar-refractivity contribution in [2.75, 3.05) is 13.2 Å². The summed E-state index contributed by atoms with van der Waals surface area (Å²) in [7, 11) is 0. The van der Waals surface area contributed by atoms with Crippen molar-refractivity contribution in [3.63, 3.8) is 0 Å². The van der Waals surface area contributed by atoms with Gasteiger partial charge in [-0.05, 0) is 30.2 Å². The fourth-order valence-corrected chi connectivity index (χ4v) is 1.33. The normalized spacial score (nSPS) is 10.1. The third kappa shape index (κ3) is 6.32. The second-order valence-electron chi connectivity index (χ2n) is 3.92. The molecule has 0 saturated carbocycles. The van der Waals surface area contributed by atoms with E-state index >= 15 is 0 Å². The molecule has 0 aliphatic rings. The molecule has 0 atom stereocenters. The van der Waals surface area contributed by atoms with Crippen LogP contribution in [0.4, 0.5) is 0 Å². The van der Waals surface area contributed by atoms with Gasteiger partial charge in [-0.1, -0.05) is 31.4 Å². The van der Waals surface area contributed by atoms with E-state index in [-0.39, 0.29) is 12.6 Å². The monoisotopic (exact) mass is 258 g/mol. The summed E-state index contributed by atoms with van der Waals surface area (Å²) < 4.78 is 10.3. The molecule has 19 heavy (non-hydrogen) atoms. The molecule has 0 bridgehead atoms. The zero-order valence-electron chi connectivity index (χ0n) is 11.1. The Morgan fingerprint density at radius 1 is 1.37 bits per heavy atom. The Kier molecular flexibility index (Phi) is 6.89. The van der Waals surface area contributed by atoms with Gasteiger partial charge in [-0.15, -0.1) is 6.42 Å². The smallest absolute Gasteiger partial charge is 0.330 e. The minimum atomic E-state index is -0.318. The number of unbranched alkanes of at least 4 members (excludes halogenated alkanes) is 1. The third-order valence-corrected chi connectivity index (χ3v) is 2.36. The second-order valence-corrected chi connectivity index (χ2v) is 3.92. The van der Waals surface area contributed by atoms with Crippen LogP contribution in [0.1, 0.15) is 25.3 Å². The van der Waals surface area contributed by atoms with Crippen molar-refractivity contribution in [1.82, 2.24) is 0 Å². The minimum Gasteiger partial charge on any atom is -0.481 e. The minimum absolute atomic E-state index is 0.249. The maximum Gasteiger partial charge on any atom is 0.330 e. The van der Waals surface area contributed by atoms with E-state index in [0.717, 1.165) is 18.4 Å². The maximum absolute atomic E-state index is 11.3. The summed E-state index contributed by atoms with van der Waals surface area (Å²) in [4.78, 5) is 11.3. The topological polar surface area (TPSA) is 35.5 Å². The summed E-state index contributed by atoms with van der Waals surface area (Å²) in [6, 6.07) is 7.31. The highest BCUT2D eigenvalue weighted by Gasteiger charge is 1.96. The highest BCUT2D eigenvalue weighted by molar-refractivity contribution is 5.87. The van der Waals surface area contributed by atoms with Crippen LogP contribution in [0.15, 0.2) is 30.3 Å². The molecule has 0 radical (unpaired) electrons. The van der Waals surface area contributed by atoms with Gasteiger partial charge in [0, 0.05) is 6.08 Å². The van der Waals surface area contributed by atoms with Crippen LogP contribution in [0.5, 0.6) is 5.75 Å². The van der Waals surface area contributed by atoms with Gasteiger partial charge in [0.2, 0.25) is 0 Å². The van der Waals surface area contributed by atoms with Crippen LogP contribution in [0, 0.1) is 12.3 Å². The van der Waals surface area contributed by atoms with Gasteiger partial charge in [-0.2, -0.15) is 0 Å². The summed E-state index contributed by atoms with van der Waals surface area (Å²) in [5.74, 6) is 2.79. The van der Waals surface area contributed by atoms with E-state index in [4.69, 9.17) is 15.9 Å². The lowest BCUT2D eigenvalue weighted by molar-refractivity contribution is -0.137. The van der Waals surface area contributed by atoms with E-state index in [1.807, 2.05) is 19.1 Å². The number of hydrogen-bond donors (Lipinski definition) is 0. The molecule has 0 aromatic heterocycles. The highest BCUT2D eigenvalue weighted by atomic mass is 16.5. The van der Waals surface area contributed by atoms with Crippen molar-refractivity contribution >= 4 is 12.0 Å². The summed E-state index contributed by atoms with van der Waals surface area (Å²) in [6.45, 7) is 2.77. The first-order chi connectivity index (χ1) is 9.26. The Labute approximate surface area is 114 Å². The van der Waals surface area contributed by atoms with Crippen LogP contribution in [-0.4, -0.2) is 19.2 Å². The highest BCUT2D eigenvalue weighted by Crippen LogP contribution is 2.13. The van der Waals surface area contributed by atoms with Crippen molar-refractivity contribution < 1.29 is 14.3 Å². The number of benzene rings is 1. The molecule has 0 aliphatic carbocycles. The van der Waals surface area contributed by atoms with Crippen molar-refractivity contribution in [1.29, 1.82) is 0 Å². The predicted octanol–water partition coefficient (Wildman–Crippen LogP) is 3.06. The molecule has 0 heterocycles. The van der Waals surface area contributed by atoms with E-state index in [9.17, 15) is 4.79 Å². The zero-order valence-corrected chi connectivity index (χ0v) is 11.1. The van der Waals surface area contributed by atoms with Gasteiger partial charge in [0.25, 0.3) is 0 Å². The Morgan fingerprint density at radius 3 is 2.74 bits per heavy atom. The van der Waals surface area contributed by atoms with E-state index in [0.29, 0.717) is 12.4 Å². The Balaban J connectivity index is 2.44. The predicted molar refractivity (Wildman–Crippen MR) is 75.7 cm³/mol. The molecular weight excluding hydrogens is 240 g/mol. The van der Waals surface area contributed by atoms with Gasteiger partial charge in [0.15, 0.2) is 0 Å². The van der Waals surface area contributed by atoms with Crippen molar-refractivity contribution in [3.8, 4) is 18.1 Å². The molecule has 0 fully saturated rings. The molecule has 0 unspecified atom stereocenters. The lowest BCUT2D eigenvalue weighted by atomic mass is 10.2. The van der Waals surface area contributed by atoms with Crippen molar-refractivity contribution in [2.45, 2.75) is 19.8 Å². The summed E-state index contributed by atoms with van der Waals surface area (Å²) in [5, 5.41) is 0. The molecule has 3 nitrogen and oxygen atoms in total. The Morgan fingerprint density at radius 2 is 2.11 bits per heavy atom. The molecule has 0 amide bonds. The van der Waals surface area contributed by atoms with Crippen LogP contribution < -0.4 is 4.74 Å². The number of carbonyl (C=O) groups excluding carboxylic acids is 1. The largest absolute Gasteiger partial charge is 0.481 e. The lowest BCUT2D eigenvalue weighted by Crippen LogP contribution is -2.01. The molecule has 0 N–H and O–H groups in total. The summed E-state index contributed by atoms with van der Waals surface area (Å²) in [5.41, 5.74) is 0.903. The quantitative estimate of drug-likeness (QED) is 0.326. The number of terminal acetylenes is 1. The molecule has 0 aliphatic heterocycles. The molecule has 1 aromatic carbocycles. The standard InChI is InChI=1S/C16H18O3/c1-3-5-13-19-16(17)11-8-14-6-9-15(10-7-14)18-12-4-2/h2,6-11H,3,5,12-13H2,1H3. The number of rotatable bonds is 7. The molecule has 100 valence electrons. The van der Waals surface area contributed by atoms with Crippen LogP contribution in [0.2, 0.25) is 0 Å². The van der Waals surface area contributed by atoms with Gasteiger partial charge < -0.3 is 9.47 Å². The fourth-order valence-electron chi connectivity index (χ4n) is 1.33. The van der Waals surface area contributed by atoms with Crippen molar-refractivity contribution in [2.24, 2.45) is 0 Å². The zero-order chi connectivity index (χ0) is 13.9. The molecule has 1 aromatic rings. The first-order valence-electron chi connectivity index (χ1n) is 6.27. The number of esters is 1. The molecule has 0 spiro atoms. The van der Waals surface area contributed by atoms with Gasteiger partial charge in [-0.25, -0.2) is 4.79 Å². The maximum atomic E-state index is 11.3. The van der Waals surface area contributed by atoms with E-state index in [1.165, 1.54) is 6.08 Å². The van der Waals surface area contributed by atoms with E-state index in [1.54, 1.807) is 18.2 Å². The van der Waals surface area contributed by atoms with Gasteiger partial charge >= 0.3 is 5.97 Å². The summed E-state index contributed by atoms with van der Waals surface area (Å²) in [6.07, 6.45) is 10.1. The lowest BCUT2D eigenvalue weighted by Gasteiger charge is -2.02. The summed E-state index contributed by atoms with van der Waals surface area (Å²) >= 11 is 0. The molecule has 3 heteroatoms. The molecule has 0 saturated heterocycles. The van der Waals surface area contributed by atoms with Crippen LogP contribution in [0.25, 0.3) is 6.08 Å². The van der Waals surface area contributed by atoms with Crippen LogP contribution in [0.3, 0.4) is 0 Å². The van der Waals surface area contributed by atoms with Crippen LogP contribution >= 0.6 is 0 Å². The third-order valence-electron chi connectivity index (χ3n) is 2.36. The van der Waals surface area contributed by atoms with Crippen molar-refractivity contribution in [3.05, 3.63) is 35.9 Å². The molecular formula is C16H18O3. The van der Waals surface area contributed by atoms with E-state index in [2.05, 4.69) is 5.92 Å².